The van der Waals surface area contributed by atoms with Gasteiger partial charge in [0, 0.05) is 21.5 Å². The fourth-order valence-corrected chi connectivity index (χ4v) is 6.37. The number of furan rings is 2. The van der Waals surface area contributed by atoms with Crippen LogP contribution in [0.2, 0.25) is 0 Å². The normalized spacial score (nSPS) is 11.8. The van der Waals surface area contributed by atoms with E-state index in [1.54, 1.807) is 0 Å². The Balaban J connectivity index is 1.40. The van der Waals surface area contributed by atoms with E-state index >= 15 is 0 Å². The molecule has 2 heteroatoms. The first kappa shape index (κ1) is 23.1. The lowest BCUT2D eigenvalue weighted by molar-refractivity contribution is 0.658. The van der Waals surface area contributed by atoms with Crippen molar-refractivity contribution in [3.8, 4) is 33.4 Å². The van der Waals surface area contributed by atoms with Crippen LogP contribution in [0.4, 0.5) is 0 Å². The molecule has 0 aliphatic heterocycles. The molecule has 7 aromatic carbocycles. The molecule has 196 valence electrons. The van der Waals surface area contributed by atoms with E-state index in [0.29, 0.717) is 0 Å². The maximum Gasteiger partial charge on any atom is 0.147 e. The standard InChI is InChI=1S/C40H24O2/c1-3-9-25(10-4-1)29-17-19-36-32(22-29)34-24-35-33-23-30(26-11-5-2-6-12-26)18-20-37(33)42-40(35)38(39(34)41-36)31-16-15-27-13-7-8-14-28(27)21-31/h1-24H. The Hall–Kier alpha value is -5.60. The molecule has 0 fully saturated rings. The predicted molar refractivity (Wildman–Crippen MR) is 175 cm³/mol. The first-order valence-electron chi connectivity index (χ1n) is 14.3. The Morgan fingerprint density at radius 3 is 1.38 bits per heavy atom. The lowest BCUT2D eigenvalue weighted by Crippen LogP contribution is -1.83. The minimum absolute atomic E-state index is 0.848. The van der Waals surface area contributed by atoms with Gasteiger partial charge in [0.1, 0.15) is 22.3 Å². The van der Waals surface area contributed by atoms with Gasteiger partial charge in [-0.15, -0.1) is 0 Å². The van der Waals surface area contributed by atoms with Crippen LogP contribution >= 0.6 is 0 Å². The Kier molecular flexibility index (Phi) is 4.93. The van der Waals surface area contributed by atoms with Gasteiger partial charge in [-0.1, -0.05) is 109 Å². The van der Waals surface area contributed by atoms with Crippen LogP contribution in [-0.4, -0.2) is 0 Å². The maximum absolute atomic E-state index is 6.68. The summed E-state index contributed by atoms with van der Waals surface area (Å²) in [5.74, 6) is 0. The zero-order valence-electron chi connectivity index (χ0n) is 22.7. The van der Waals surface area contributed by atoms with Crippen LogP contribution in [0.15, 0.2) is 154 Å². The molecule has 2 heterocycles. The predicted octanol–water partition coefficient (Wildman–Crippen LogP) is 11.6. The van der Waals surface area contributed by atoms with Crippen molar-refractivity contribution < 1.29 is 8.83 Å². The van der Waals surface area contributed by atoms with E-state index in [2.05, 4.69) is 146 Å². The molecule has 9 aromatic rings. The Morgan fingerprint density at radius 2 is 0.810 bits per heavy atom. The van der Waals surface area contributed by atoms with E-state index in [-0.39, 0.29) is 0 Å². The summed E-state index contributed by atoms with van der Waals surface area (Å²) in [6.45, 7) is 0. The second kappa shape index (κ2) is 8.95. The SMILES string of the molecule is c1ccc(-c2ccc3oc4c(-c5ccc6ccccc6c5)c5oc6ccc(-c7ccccc7)cc6c5cc4c3c2)cc1. The smallest absolute Gasteiger partial charge is 0.147 e. The number of hydrogen-bond acceptors (Lipinski definition) is 2. The monoisotopic (exact) mass is 536 g/mol. The van der Waals surface area contributed by atoms with Crippen LogP contribution in [0.1, 0.15) is 0 Å². The van der Waals surface area contributed by atoms with Gasteiger partial charge in [-0.25, -0.2) is 0 Å². The molecular formula is C40H24O2. The van der Waals surface area contributed by atoms with Crippen LogP contribution < -0.4 is 0 Å². The molecule has 0 saturated carbocycles. The largest absolute Gasteiger partial charge is 0.455 e. The van der Waals surface area contributed by atoms with Crippen LogP contribution in [0.3, 0.4) is 0 Å². The first-order valence-corrected chi connectivity index (χ1v) is 14.3. The summed E-state index contributed by atoms with van der Waals surface area (Å²) in [7, 11) is 0. The van der Waals surface area contributed by atoms with E-state index in [4.69, 9.17) is 8.83 Å². The minimum Gasteiger partial charge on any atom is -0.455 e. The molecular weight excluding hydrogens is 512 g/mol. The first-order chi connectivity index (χ1) is 20.8. The van der Waals surface area contributed by atoms with Gasteiger partial charge in [-0.2, -0.15) is 0 Å². The lowest BCUT2D eigenvalue weighted by atomic mass is 9.95. The molecule has 0 aliphatic carbocycles. The summed E-state index contributed by atoms with van der Waals surface area (Å²) in [5.41, 5.74) is 10.2. The number of rotatable bonds is 3. The molecule has 0 spiro atoms. The lowest BCUT2D eigenvalue weighted by Gasteiger charge is -2.07. The molecule has 0 radical (unpaired) electrons. The maximum atomic E-state index is 6.68. The second-order valence-electron chi connectivity index (χ2n) is 10.9. The van der Waals surface area contributed by atoms with Crippen LogP contribution in [-0.2, 0) is 0 Å². The van der Waals surface area contributed by atoms with Gasteiger partial charge in [0.15, 0.2) is 0 Å². The van der Waals surface area contributed by atoms with Gasteiger partial charge in [0.2, 0.25) is 0 Å². The third kappa shape index (κ3) is 3.52. The quantitative estimate of drug-likeness (QED) is 0.224. The van der Waals surface area contributed by atoms with E-state index in [0.717, 1.165) is 55.0 Å². The van der Waals surface area contributed by atoms with Crippen molar-refractivity contribution in [3.05, 3.63) is 146 Å². The molecule has 0 unspecified atom stereocenters. The van der Waals surface area contributed by atoms with Crippen LogP contribution in [0.5, 0.6) is 0 Å². The molecule has 0 N–H and O–H groups in total. The van der Waals surface area contributed by atoms with E-state index in [1.807, 2.05) is 0 Å². The Labute approximate surface area is 242 Å². The van der Waals surface area contributed by atoms with Crippen molar-refractivity contribution in [3.63, 3.8) is 0 Å². The fraction of sp³-hybridized carbons (Fsp3) is 0. The number of hydrogen-bond donors (Lipinski definition) is 0. The van der Waals surface area contributed by atoms with Gasteiger partial charge < -0.3 is 8.83 Å². The molecule has 0 bridgehead atoms. The fourth-order valence-electron chi connectivity index (χ4n) is 6.37. The zero-order chi connectivity index (χ0) is 27.6. The molecule has 42 heavy (non-hydrogen) atoms. The van der Waals surface area contributed by atoms with Crippen LogP contribution in [0.25, 0.3) is 88.0 Å². The topological polar surface area (TPSA) is 26.3 Å². The van der Waals surface area contributed by atoms with Gasteiger partial charge >= 0.3 is 0 Å². The Morgan fingerprint density at radius 1 is 0.310 bits per heavy atom. The summed E-state index contributed by atoms with van der Waals surface area (Å²) in [6.07, 6.45) is 0. The summed E-state index contributed by atoms with van der Waals surface area (Å²) >= 11 is 0. The summed E-state index contributed by atoms with van der Waals surface area (Å²) in [6, 6.07) is 51.3. The van der Waals surface area contributed by atoms with Crippen molar-refractivity contribution in [2.45, 2.75) is 0 Å². The number of benzene rings is 7. The van der Waals surface area contributed by atoms with Crippen molar-refractivity contribution in [1.82, 2.24) is 0 Å². The third-order valence-electron chi connectivity index (χ3n) is 8.45. The average Bonchev–Trinajstić information content (AvgIpc) is 3.61. The zero-order valence-corrected chi connectivity index (χ0v) is 22.7. The van der Waals surface area contributed by atoms with Gasteiger partial charge in [-0.3, -0.25) is 0 Å². The highest BCUT2D eigenvalue weighted by molar-refractivity contribution is 6.22. The summed E-state index contributed by atoms with van der Waals surface area (Å²) in [4.78, 5) is 0. The Bertz CT molecular complexity index is 2310. The highest BCUT2D eigenvalue weighted by Gasteiger charge is 2.22. The highest BCUT2D eigenvalue weighted by atomic mass is 16.3. The van der Waals surface area contributed by atoms with Crippen LogP contribution in [0, 0.1) is 0 Å². The molecule has 0 aliphatic rings. The average molecular weight is 537 g/mol. The molecule has 0 saturated heterocycles. The van der Waals surface area contributed by atoms with Gasteiger partial charge in [0.25, 0.3) is 0 Å². The van der Waals surface area contributed by atoms with E-state index in [9.17, 15) is 0 Å². The minimum atomic E-state index is 0.848. The number of fused-ring (bicyclic) bond motifs is 7. The molecule has 9 rings (SSSR count). The van der Waals surface area contributed by atoms with Crippen molar-refractivity contribution in [2.75, 3.05) is 0 Å². The van der Waals surface area contributed by atoms with Gasteiger partial charge in [0.05, 0.1) is 5.56 Å². The molecule has 2 nitrogen and oxygen atoms in total. The van der Waals surface area contributed by atoms with Gasteiger partial charge in [-0.05, 0) is 75.0 Å². The molecule has 0 atom stereocenters. The molecule has 0 amide bonds. The molecule has 2 aromatic heterocycles. The second-order valence-corrected chi connectivity index (χ2v) is 10.9. The van der Waals surface area contributed by atoms with E-state index < -0.39 is 0 Å². The van der Waals surface area contributed by atoms with E-state index in [1.165, 1.54) is 33.0 Å². The van der Waals surface area contributed by atoms with Crippen molar-refractivity contribution >= 4 is 54.6 Å². The summed E-state index contributed by atoms with van der Waals surface area (Å²) in [5, 5.41) is 6.77. The summed E-state index contributed by atoms with van der Waals surface area (Å²) < 4.78 is 13.4. The highest BCUT2D eigenvalue weighted by Crippen LogP contribution is 2.46. The van der Waals surface area contributed by atoms with Crippen molar-refractivity contribution in [2.24, 2.45) is 0 Å². The van der Waals surface area contributed by atoms with Crippen molar-refractivity contribution in [1.29, 1.82) is 0 Å². The third-order valence-corrected chi connectivity index (χ3v) is 8.45.